The number of hydrogen-bond donors (Lipinski definition) is 1. The minimum atomic E-state index is -0.0960. The predicted molar refractivity (Wildman–Crippen MR) is 105 cm³/mol. The van der Waals surface area contributed by atoms with Gasteiger partial charge in [-0.05, 0) is 30.5 Å². The molecule has 5 nitrogen and oxygen atoms in total. The molecule has 1 N–H and O–H groups in total. The Balaban J connectivity index is 2.09. The van der Waals surface area contributed by atoms with Crippen LogP contribution < -0.4 is 10.9 Å². The van der Waals surface area contributed by atoms with Gasteiger partial charge in [0.05, 0.1) is 11.1 Å². The molecule has 0 bridgehead atoms. The first kappa shape index (κ1) is 17.7. The zero-order chi connectivity index (χ0) is 18.1. The van der Waals surface area contributed by atoms with E-state index in [0.29, 0.717) is 15.4 Å². The van der Waals surface area contributed by atoms with Crippen LogP contribution in [0.25, 0.3) is 21.3 Å². The molecular formula is C18H19N3O2S2. The maximum atomic E-state index is 12.9. The maximum Gasteiger partial charge on any atom is 0.263 e. The van der Waals surface area contributed by atoms with Crippen LogP contribution in [0.15, 0.2) is 33.5 Å². The molecule has 0 saturated heterocycles. The smallest absolute Gasteiger partial charge is 0.263 e. The molecule has 2 aromatic heterocycles. The molecule has 0 atom stereocenters. The molecule has 0 aliphatic carbocycles. The first-order valence-electron chi connectivity index (χ1n) is 7.81. The maximum absolute atomic E-state index is 12.9. The summed E-state index contributed by atoms with van der Waals surface area (Å²) in [4.78, 5) is 29.6. The van der Waals surface area contributed by atoms with Crippen molar-refractivity contribution in [2.75, 3.05) is 12.8 Å². The molecule has 0 aliphatic heterocycles. The van der Waals surface area contributed by atoms with Crippen LogP contribution in [0, 0.1) is 13.8 Å². The largest absolute Gasteiger partial charge is 0.358 e. The highest BCUT2D eigenvalue weighted by Crippen LogP contribution is 2.32. The van der Waals surface area contributed by atoms with Gasteiger partial charge in [0.15, 0.2) is 5.16 Å². The van der Waals surface area contributed by atoms with Crippen LogP contribution in [0.5, 0.6) is 0 Å². The van der Waals surface area contributed by atoms with Crippen molar-refractivity contribution in [2.45, 2.75) is 19.0 Å². The van der Waals surface area contributed by atoms with Gasteiger partial charge in [-0.25, -0.2) is 4.98 Å². The normalized spacial score (nSPS) is 11.0. The summed E-state index contributed by atoms with van der Waals surface area (Å²) in [6, 6.07) is 6.21. The van der Waals surface area contributed by atoms with Crippen molar-refractivity contribution in [1.29, 1.82) is 0 Å². The quantitative estimate of drug-likeness (QED) is 0.564. The van der Waals surface area contributed by atoms with Gasteiger partial charge in [-0.2, -0.15) is 0 Å². The molecule has 0 spiro atoms. The van der Waals surface area contributed by atoms with Gasteiger partial charge in [-0.15, -0.1) is 11.3 Å². The number of rotatable bonds is 4. The monoisotopic (exact) mass is 373 g/mol. The van der Waals surface area contributed by atoms with E-state index in [1.807, 2.05) is 11.4 Å². The van der Waals surface area contributed by atoms with Gasteiger partial charge in [0.2, 0.25) is 5.91 Å². The lowest BCUT2D eigenvalue weighted by atomic mass is 10.0. The predicted octanol–water partition coefficient (Wildman–Crippen LogP) is 3.12. The molecule has 1 aromatic carbocycles. The number of fused-ring (bicyclic) bond motifs is 1. The van der Waals surface area contributed by atoms with Crippen LogP contribution >= 0.6 is 23.1 Å². The van der Waals surface area contributed by atoms with E-state index in [2.05, 4.69) is 36.3 Å². The number of benzene rings is 1. The summed E-state index contributed by atoms with van der Waals surface area (Å²) in [5.41, 5.74) is 4.28. The molecule has 0 unspecified atom stereocenters. The zero-order valence-electron chi connectivity index (χ0n) is 14.5. The van der Waals surface area contributed by atoms with E-state index in [1.54, 1.807) is 14.1 Å². The summed E-state index contributed by atoms with van der Waals surface area (Å²) in [7, 11) is 3.29. The van der Waals surface area contributed by atoms with Crippen LogP contribution in [0.2, 0.25) is 0 Å². The van der Waals surface area contributed by atoms with Crippen LogP contribution in [0.4, 0.5) is 0 Å². The third kappa shape index (κ3) is 3.34. The third-order valence-corrected chi connectivity index (χ3v) is 6.11. The molecule has 3 rings (SSSR count). The van der Waals surface area contributed by atoms with Crippen molar-refractivity contribution < 1.29 is 4.79 Å². The Morgan fingerprint density at radius 3 is 2.76 bits per heavy atom. The average molecular weight is 374 g/mol. The lowest BCUT2D eigenvalue weighted by Gasteiger charge is -2.08. The molecule has 0 saturated carbocycles. The van der Waals surface area contributed by atoms with Gasteiger partial charge in [-0.1, -0.05) is 30.0 Å². The lowest BCUT2D eigenvalue weighted by Crippen LogP contribution is -2.23. The Labute approximate surface area is 154 Å². The zero-order valence-corrected chi connectivity index (χ0v) is 16.2. The molecule has 2 heterocycles. The minimum Gasteiger partial charge on any atom is -0.358 e. The molecule has 25 heavy (non-hydrogen) atoms. The van der Waals surface area contributed by atoms with Crippen LogP contribution in [0.3, 0.4) is 0 Å². The SMILES string of the molecule is CNC(=O)CSc1nc2scc(-c3ccc(C)c(C)c3)c2c(=O)n1C. The van der Waals surface area contributed by atoms with E-state index in [4.69, 9.17) is 0 Å². The highest BCUT2D eigenvalue weighted by molar-refractivity contribution is 7.99. The van der Waals surface area contributed by atoms with Crippen LogP contribution in [0.1, 0.15) is 11.1 Å². The van der Waals surface area contributed by atoms with Crippen molar-refractivity contribution >= 4 is 39.2 Å². The number of aryl methyl sites for hydroxylation is 2. The Morgan fingerprint density at radius 1 is 1.32 bits per heavy atom. The third-order valence-electron chi connectivity index (χ3n) is 4.20. The number of nitrogens with one attached hydrogen (secondary N) is 1. The molecule has 0 aliphatic rings. The van der Waals surface area contributed by atoms with Gasteiger partial charge in [-0.3, -0.25) is 14.2 Å². The highest BCUT2D eigenvalue weighted by Gasteiger charge is 2.16. The van der Waals surface area contributed by atoms with Crippen molar-refractivity contribution in [2.24, 2.45) is 7.05 Å². The van der Waals surface area contributed by atoms with Crippen molar-refractivity contribution in [3.63, 3.8) is 0 Å². The van der Waals surface area contributed by atoms with Crippen molar-refractivity contribution in [1.82, 2.24) is 14.9 Å². The number of carbonyl (C=O) groups excluding carboxylic acids is 1. The first-order chi connectivity index (χ1) is 11.9. The van der Waals surface area contributed by atoms with Gasteiger partial charge < -0.3 is 5.32 Å². The number of nitrogens with zero attached hydrogens (tertiary/aromatic N) is 2. The summed E-state index contributed by atoms with van der Waals surface area (Å²) < 4.78 is 1.52. The Kier molecular flexibility index (Phi) is 4.96. The summed E-state index contributed by atoms with van der Waals surface area (Å²) in [6.07, 6.45) is 0. The Bertz CT molecular complexity index is 1020. The molecule has 1 amide bonds. The van der Waals surface area contributed by atoms with Crippen LogP contribution in [-0.2, 0) is 11.8 Å². The van der Waals surface area contributed by atoms with E-state index in [9.17, 15) is 9.59 Å². The molecule has 130 valence electrons. The number of hydrogen-bond acceptors (Lipinski definition) is 5. The van der Waals surface area contributed by atoms with Gasteiger partial charge in [0, 0.05) is 25.0 Å². The molecule has 0 radical (unpaired) electrons. The molecular weight excluding hydrogens is 354 g/mol. The van der Waals surface area contributed by atoms with Crippen LogP contribution in [-0.4, -0.2) is 28.3 Å². The summed E-state index contributed by atoms with van der Waals surface area (Å²) in [5, 5.41) is 5.74. The molecule has 0 fully saturated rings. The number of thiophene rings is 1. The van der Waals surface area contributed by atoms with Gasteiger partial charge >= 0.3 is 0 Å². The number of aromatic nitrogens is 2. The molecule has 7 heteroatoms. The van der Waals surface area contributed by atoms with E-state index in [1.165, 1.54) is 38.8 Å². The summed E-state index contributed by atoms with van der Waals surface area (Å²) in [6.45, 7) is 4.14. The average Bonchev–Trinajstić information content (AvgIpc) is 3.02. The fourth-order valence-corrected chi connectivity index (χ4v) is 4.34. The Hall–Kier alpha value is -2.12. The van der Waals surface area contributed by atoms with Crippen molar-refractivity contribution in [3.8, 4) is 11.1 Å². The summed E-state index contributed by atoms with van der Waals surface area (Å²) in [5.74, 6) is 0.138. The second-order valence-corrected chi connectivity index (χ2v) is 7.65. The second kappa shape index (κ2) is 7.01. The minimum absolute atomic E-state index is 0.0844. The fourth-order valence-electron chi connectivity index (χ4n) is 2.51. The van der Waals surface area contributed by atoms with E-state index in [0.717, 1.165) is 11.1 Å². The van der Waals surface area contributed by atoms with E-state index < -0.39 is 0 Å². The standard InChI is InChI=1S/C18H19N3O2S2/c1-10-5-6-12(7-11(10)2)13-8-24-16-15(13)17(23)21(4)18(20-16)25-9-14(22)19-3/h5-8H,9H2,1-4H3,(H,19,22). The number of carbonyl (C=O) groups is 1. The number of thioether (sulfide) groups is 1. The van der Waals surface area contributed by atoms with Gasteiger partial charge in [0.25, 0.3) is 5.56 Å². The van der Waals surface area contributed by atoms with Gasteiger partial charge in [0.1, 0.15) is 4.83 Å². The van der Waals surface area contributed by atoms with Crippen molar-refractivity contribution in [3.05, 3.63) is 45.1 Å². The lowest BCUT2D eigenvalue weighted by molar-refractivity contribution is -0.118. The number of amides is 1. The van der Waals surface area contributed by atoms with E-state index in [-0.39, 0.29) is 17.2 Å². The van der Waals surface area contributed by atoms with E-state index >= 15 is 0 Å². The highest BCUT2D eigenvalue weighted by atomic mass is 32.2. The molecule has 3 aromatic rings. The topological polar surface area (TPSA) is 64.0 Å². The summed E-state index contributed by atoms with van der Waals surface area (Å²) >= 11 is 2.72. The fraction of sp³-hybridized carbons (Fsp3) is 0.278. The second-order valence-electron chi connectivity index (χ2n) is 5.85. The first-order valence-corrected chi connectivity index (χ1v) is 9.68. The Morgan fingerprint density at radius 2 is 2.08 bits per heavy atom.